The second-order valence-corrected chi connectivity index (χ2v) is 7.67. The van der Waals surface area contributed by atoms with Crippen LogP contribution in [-0.2, 0) is 20.9 Å². The van der Waals surface area contributed by atoms with E-state index in [-0.39, 0.29) is 18.8 Å². The SMILES string of the molecule is CN1CCC(OC(c2cccc(CO)c2)c2nc3ccccc3[nH]2)CC1.O=C(O)C(=O)O. The first-order chi connectivity index (χ1) is 15.4. The molecule has 0 amide bonds. The molecule has 1 aliphatic heterocycles. The van der Waals surface area contributed by atoms with Gasteiger partial charge < -0.3 is 29.9 Å². The minimum atomic E-state index is -1.82. The van der Waals surface area contributed by atoms with Gasteiger partial charge in [-0.05, 0) is 43.1 Å². The quantitative estimate of drug-likeness (QED) is 0.443. The third-order valence-corrected chi connectivity index (χ3v) is 5.27. The van der Waals surface area contributed by atoms with Crippen molar-refractivity contribution in [1.82, 2.24) is 14.9 Å². The molecule has 0 bridgehead atoms. The number of hydrogen-bond acceptors (Lipinski definition) is 6. The number of aromatic amines is 1. The average molecular weight is 441 g/mol. The number of hydrogen-bond donors (Lipinski definition) is 4. The molecular weight excluding hydrogens is 414 g/mol. The van der Waals surface area contributed by atoms with Crippen molar-refractivity contribution in [2.24, 2.45) is 0 Å². The Balaban J connectivity index is 0.000000427. The number of benzene rings is 2. The van der Waals surface area contributed by atoms with Crippen LogP contribution in [0.3, 0.4) is 0 Å². The van der Waals surface area contributed by atoms with Gasteiger partial charge in [0.15, 0.2) is 0 Å². The summed E-state index contributed by atoms with van der Waals surface area (Å²) in [7, 11) is 2.15. The number of nitrogens with one attached hydrogen (secondary N) is 1. The molecule has 0 aliphatic carbocycles. The van der Waals surface area contributed by atoms with Crippen molar-refractivity contribution in [3.05, 3.63) is 65.5 Å². The van der Waals surface area contributed by atoms with Crippen molar-refractivity contribution in [1.29, 1.82) is 0 Å². The summed E-state index contributed by atoms with van der Waals surface area (Å²) in [5, 5.41) is 24.3. The first-order valence-corrected chi connectivity index (χ1v) is 10.3. The number of aliphatic hydroxyl groups is 1. The first-order valence-electron chi connectivity index (χ1n) is 10.3. The standard InChI is InChI=1S/C21H25N3O2.C2H2O4/c1-24-11-9-17(10-12-24)26-20(16-6-4-5-15(13-16)14-25)21-22-18-7-2-3-8-19(18)23-21;3-1(4)2(5)6/h2-8,13,17,20,25H,9-12,14H2,1H3,(H,22,23);(H,3,4)(H,5,6). The predicted molar refractivity (Wildman–Crippen MR) is 117 cm³/mol. The van der Waals surface area contributed by atoms with Gasteiger partial charge in [0.05, 0.1) is 23.7 Å². The van der Waals surface area contributed by atoms with Gasteiger partial charge in [-0.2, -0.15) is 0 Å². The molecule has 4 N–H and O–H groups in total. The number of likely N-dealkylation sites (tertiary alicyclic amines) is 1. The minimum absolute atomic E-state index is 0.0227. The lowest BCUT2D eigenvalue weighted by atomic mass is 10.0. The van der Waals surface area contributed by atoms with E-state index >= 15 is 0 Å². The van der Waals surface area contributed by atoms with Gasteiger partial charge in [0, 0.05) is 13.1 Å². The van der Waals surface area contributed by atoms with E-state index in [0.717, 1.165) is 53.9 Å². The van der Waals surface area contributed by atoms with E-state index in [1.165, 1.54) is 0 Å². The predicted octanol–water partition coefficient (Wildman–Crippen LogP) is 2.41. The number of aliphatic carboxylic acids is 2. The van der Waals surface area contributed by atoms with Gasteiger partial charge in [-0.3, -0.25) is 0 Å². The van der Waals surface area contributed by atoms with E-state index in [0.29, 0.717) is 0 Å². The zero-order chi connectivity index (χ0) is 23.1. The summed E-state index contributed by atoms with van der Waals surface area (Å²) in [5.41, 5.74) is 3.86. The topological polar surface area (TPSA) is 136 Å². The highest BCUT2D eigenvalue weighted by molar-refractivity contribution is 6.27. The first kappa shape index (κ1) is 23.4. The normalized spacial score (nSPS) is 15.7. The number of carboxylic acid groups (broad SMARTS) is 2. The molecule has 3 aromatic rings. The molecule has 0 radical (unpaired) electrons. The van der Waals surface area contributed by atoms with Crippen LogP contribution in [0.25, 0.3) is 11.0 Å². The third-order valence-electron chi connectivity index (χ3n) is 5.27. The number of carboxylic acids is 2. The van der Waals surface area contributed by atoms with Crippen LogP contribution in [0.5, 0.6) is 0 Å². The molecular formula is C23H27N3O6. The second kappa shape index (κ2) is 10.9. The molecule has 4 rings (SSSR count). The van der Waals surface area contributed by atoms with Gasteiger partial charge in [0.1, 0.15) is 11.9 Å². The van der Waals surface area contributed by atoms with Crippen LogP contribution in [0, 0.1) is 0 Å². The molecule has 32 heavy (non-hydrogen) atoms. The molecule has 9 heteroatoms. The minimum Gasteiger partial charge on any atom is -0.473 e. The summed E-state index contributed by atoms with van der Waals surface area (Å²) in [4.78, 5) is 28.7. The van der Waals surface area contributed by atoms with Crippen LogP contribution in [0.2, 0.25) is 0 Å². The fourth-order valence-electron chi connectivity index (χ4n) is 3.57. The van der Waals surface area contributed by atoms with Gasteiger partial charge in [0.25, 0.3) is 0 Å². The number of carbonyl (C=O) groups is 2. The number of rotatable bonds is 5. The molecule has 170 valence electrons. The molecule has 1 unspecified atom stereocenters. The number of piperidine rings is 1. The molecule has 1 atom stereocenters. The maximum Gasteiger partial charge on any atom is 0.414 e. The van der Waals surface area contributed by atoms with Crippen LogP contribution in [0.4, 0.5) is 0 Å². The summed E-state index contributed by atoms with van der Waals surface area (Å²) in [6.45, 7) is 2.12. The lowest BCUT2D eigenvalue weighted by Gasteiger charge is -2.31. The molecule has 0 spiro atoms. The summed E-state index contributed by atoms with van der Waals surface area (Å²) in [6.07, 6.45) is 1.99. The molecule has 1 aromatic heterocycles. The summed E-state index contributed by atoms with van der Waals surface area (Å²) in [6, 6.07) is 16.0. The highest BCUT2D eigenvalue weighted by Crippen LogP contribution is 2.30. The number of aliphatic hydroxyl groups excluding tert-OH is 1. The largest absolute Gasteiger partial charge is 0.473 e. The van der Waals surface area contributed by atoms with Crippen LogP contribution >= 0.6 is 0 Å². The number of fused-ring (bicyclic) bond motifs is 1. The zero-order valence-corrected chi connectivity index (χ0v) is 17.8. The van der Waals surface area contributed by atoms with E-state index in [2.05, 4.69) is 16.9 Å². The van der Waals surface area contributed by atoms with Gasteiger partial charge in [-0.15, -0.1) is 0 Å². The Kier molecular flexibility index (Phi) is 7.93. The number of para-hydroxylation sites is 2. The smallest absolute Gasteiger partial charge is 0.414 e. The number of ether oxygens (including phenoxy) is 1. The number of aromatic nitrogens is 2. The maximum absolute atomic E-state index is 9.51. The van der Waals surface area contributed by atoms with Crippen LogP contribution in [0.1, 0.15) is 35.9 Å². The van der Waals surface area contributed by atoms with Crippen LogP contribution < -0.4 is 0 Å². The number of nitrogens with zero attached hydrogens (tertiary/aromatic N) is 2. The van der Waals surface area contributed by atoms with Gasteiger partial charge >= 0.3 is 11.9 Å². The van der Waals surface area contributed by atoms with Crippen LogP contribution in [-0.4, -0.2) is 68.4 Å². The van der Waals surface area contributed by atoms with Crippen molar-refractivity contribution in [2.75, 3.05) is 20.1 Å². The molecule has 9 nitrogen and oxygen atoms in total. The Morgan fingerprint density at radius 1 is 1.12 bits per heavy atom. The molecule has 0 saturated carbocycles. The number of imidazole rings is 1. The monoisotopic (exact) mass is 441 g/mol. The Bertz CT molecular complexity index is 1010. The Labute approximate surface area is 185 Å². The summed E-state index contributed by atoms with van der Waals surface area (Å²) in [5.74, 6) is -2.83. The van der Waals surface area contributed by atoms with E-state index in [9.17, 15) is 5.11 Å². The van der Waals surface area contributed by atoms with Crippen molar-refractivity contribution in [2.45, 2.75) is 31.7 Å². The third kappa shape index (κ3) is 6.13. The van der Waals surface area contributed by atoms with E-state index in [1.54, 1.807) is 0 Å². The summed E-state index contributed by atoms with van der Waals surface area (Å²) >= 11 is 0. The highest BCUT2D eigenvalue weighted by Gasteiger charge is 2.26. The zero-order valence-electron chi connectivity index (χ0n) is 17.8. The maximum atomic E-state index is 9.51. The van der Waals surface area contributed by atoms with Gasteiger partial charge in [-0.1, -0.05) is 36.4 Å². The number of H-pyrrole nitrogens is 1. The summed E-state index contributed by atoms with van der Waals surface area (Å²) < 4.78 is 6.54. The fraction of sp³-hybridized carbons (Fsp3) is 0.348. The lowest BCUT2D eigenvalue weighted by molar-refractivity contribution is -0.159. The molecule has 2 aromatic carbocycles. The van der Waals surface area contributed by atoms with Crippen molar-refractivity contribution in [3.8, 4) is 0 Å². The lowest BCUT2D eigenvalue weighted by Crippen LogP contribution is -2.35. The second-order valence-electron chi connectivity index (χ2n) is 7.67. The van der Waals surface area contributed by atoms with Crippen molar-refractivity contribution in [3.63, 3.8) is 0 Å². The van der Waals surface area contributed by atoms with Gasteiger partial charge in [0.2, 0.25) is 0 Å². The molecule has 1 fully saturated rings. The highest BCUT2D eigenvalue weighted by atomic mass is 16.5. The average Bonchev–Trinajstić information content (AvgIpc) is 3.23. The molecule has 1 saturated heterocycles. The van der Waals surface area contributed by atoms with Crippen molar-refractivity contribution >= 4 is 23.0 Å². The Morgan fingerprint density at radius 3 is 2.44 bits per heavy atom. The van der Waals surface area contributed by atoms with Crippen molar-refractivity contribution < 1.29 is 29.6 Å². The van der Waals surface area contributed by atoms with E-state index in [1.807, 2.05) is 48.5 Å². The van der Waals surface area contributed by atoms with E-state index in [4.69, 9.17) is 29.5 Å². The molecule has 2 heterocycles. The Morgan fingerprint density at radius 2 is 1.81 bits per heavy atom. The van der Waals surface area contributed by atoms with Crippen LogP contribution in [0.15, 0.2) is 48.5 Å². The molecule has 1 aliphatic rings. The Hall–Kier alpha value is -3.27. The fourth-order valence-corrected chi connectivity index (χ4v) is 3.57. The van der Waals surface area contributed by atoms with Gasteiger partial charge in [-0.25, -0.2) is 14.6 Å². The van der Waals surface area contributed by atoms with E-state index < -0.39 is 11.9 Å².